The number of nitrogens with one attached hydrogen (secondary N) is 2. The van der Waals surface area contributed by atoms with Crippen molar-refractivity contribution in [1.82, 2.24) is 5.32 Å². The number of hydrogen-bond acceptors (Lipinski definition) is 1. The molecule has 2 N–H and O–H groups in total. The van der Waals surface area contributed by atoms with Gasteiger partial charge in [0.1, 0.15) is 0 Å². The topological polar surface area (TPSA) is 41.1 Å². The fourth-order valence-corrected chi connectivity index (χ4v) is 2.81. The highest BCUT2D eigenvalue weighted by molar-refractivity contribution is 14.1. The molecule has 5 heteroatoms. The van der Waals surface area contributed by atoms with Crippen LogP contribution in [0.25, 0.3) is 6.08 Å². The number of halogens is 2. The van der Waals surface area contributed by atoms with Gasteiger partial charge in [0.2, 0.25) is 0 Å². The van der Waals surface area contributed by atoms with Crippen molar-refractivity contribution in [1.29, 1.82) is 0 Å². The first-order valence-electron chi connectivity index (χ1n) is 6.31. The van der Waals surface area contributed by atoms with Gasteiger partial charge in [0.15, 0.2) is 0 Å². The maximum absolute atomic E-state index is 11.8. The molecule has 0 unspecified atom stereocenters. The maximum Gasteiger partial charge on any atom is 0.323 e. The first-order valence-corrected chi connectivity index (χ1v) is 8.18. The van der Waals surface area contributed by atoms with Crippen LogP contribution in [0.15, 0.2) is 53.1 Å². The van der Waals surface area contributed by atoms with Crippen molar-refractivity contribution in [3.05, 3.63) is 67.8 Å². The van der Waals surface area contributed by atoms with E-state index in [0.29, 0.717) is 0 Å². The van der Waals surface area contributed by atoms with Crippen LogP contribution < -0.4 is 10.6 Å². The second-order valence-corrected chi connectivity index (χ2v) is 6.51. The Morgan fingerprint density at radius 2 is 2.00 bits per heavy atom. The smallest absolute Gasteiger partial charge is 0.314 e. The van der Waals surface area contributed by atoms with Gasteiger partial charge in [-0.1, -0.05) is 34.1 Å². The molecule has 0 saturated carbocycles. The minimum Gasteiger partial charge on any atom is -0.314 e. The Bertz CT molecular complexity index is 686. The number of carbonyl (C=O) groups excluding carboxylic acids is 1. The molecule has 2 amide bonds. The fourth-order valence-electron chi connectivity index (χ4n) is 1.74. The van der Waals surface area contributed by atoms with E-state index in [9.17, 15) is 4.79 Å². The summed E-state index contributed by atoms with van der Waals surface area (Å²) in [5.41, 5.74) is 2.84. The van der Waals surface area contributed by atoms with E-state index < -0.39 is 0 Å². The summed E-state index contributed by atoms with van der Waals surface area (Å²) in [6.45, 7) is 1.97. The molecular formula is C16H14BrIN2O. The number of benzene rings is 2. The van der Waals surface area contributed by atoms with E-state index in [1.54, 1.807) is 6.20 Å². The monoisotopic (exact) mass is 456 g/mol. The quantitative estimate of drug-likeness (QED) is 0.615. The molecule has 2 rings (SSSR count). The molecular weight excluding hydrogens is 443 g/mol. The number of hydrogen-bond donors (Lipinski definition) is 2. The van der Waals surface area contributed by atoms with Crippen LogP contribution in [0, 0.1) is 10.5 Å². The van der Waals surface area contributed by atoms with Crippen LogP contribution in [-0.4, -0.2) is 6.03 Å². The molecule has 2 aromatic rings. The summed E-state index contributed by atoms with van der Waals surface area (Å²) in [6, 6.07) is 13.4. The molecule has 0 aromatic heterocycles. The lowest BCUT2D eigenvalue weighted by molar-refractivity contribution is 0.255. The van der Waals surface area contributed by atoms with Crippen molar-refractivity contribution in [2.24, 2.45) is 0 Å². The van der Waals surface area contributed by atoms with Gasteiger partial charge in [0.25, 0.3) is 0 Å². The summed E-state index contributed by atoms with van der Waals surface area (Å²) in [5, 5.41) is 5.52. The molecule has 0 spiro atoms. The molecule has 0 aliphatic carbocycles. The molecule has 0 radical (unpaired) electrons. The third-order valence-electron chi connectivity index (χ3n) is 2.82. The first kappa shape index (κ1) is 16.0. The Morgan fingerprint density at radius 1 is 1.24 bits per heavy atom. The van der Waals surface area contributed by atoms with Crippen LogP contribution in [0.5, 0.6) is 0 Å². The number of carbonyl (C=O) groups is 1. The Kier molecular flexibility index (Phi) is 5.81. The summed E-state index contributed by atoms with van der Waals surface area (Å²) in [7, 11) is 0. The van der Waals surface area contributed by atoms with Crippen LogP contribution >= 0.6 is 38.5 Å². The Hall–Kier alpha value is -1.34. The van der Waals surface area contributed by atoms with Crippen molar-refractivity contribution < 1.29 is 4.79 Å². The highest BCUT2D eigenvalue weighted by Crippen LogP contribution is 2.18. The van der Waals surface area contributed by atoms with E-state index in [1.165, 1.54) is 0 Å². The van der Waals surface area contributed by atoms with E-state index in [0.717, 1.165) is 24.9 Å². The normalized spacial score (nSPS) is 10.6. The Balaban J connectivity index is 1.95. The molecule has 2 aromatic carbocycles. The second-order valence-electron chi connectivity index (χ2n) is 4.41. The average Bonchev–Trinajstić information content (AvgIpc) is 2.44. The molecule has 0 aliphatic rings. The lowest BCUT2D eigenvalue weighted by Gasteiger charge is -2.08. The molecule has 21 heavy (non-hydrogen) atoms. The van der Waals surface area contributed by atoms with E-state index in [-0.39, 0.29) is 6.03 Å². The summed E-state index contributed by atoms with van der Waals surface area (Å²) < 4.78 is 2.13. The predicted molar refractivity (Wildman–Crippen MR) is 99.2 cm³/mol. The summed E-state index contributed by atoms with van der Waals surface area (Å²) in [6.07, 6.45) is 3.46. The zero-order chi connectivity index (χ0) is 15.2. The predicted octanol–water partition coefficient (Wildman–Crippen LogP) is 5.15. The lowest BCUT2D eigenvalue weighted by Crippen LogP contribution is -2.24. The molecule has 0 bridgehead atoms. The van der Waals surface area contributed by atoms with Gasteiger partial charge in [0, 0.05) is 19.9 Å². The van der Waals surface area contributed by atoms with Crippen molar-refractivity contribution in [3.63, 3.8) is 0 Å². The minimum atomic E-state index is -0.261. The zero-order valence-corrected chi connectivity index (χ0v) is 15.1. The maximum atomic E-state index is 11.8. The molecule has 3 nitrogen and oxygen atoms in total. The van der Waals surface area contributed by atoms with Gasteiger partial charge in [-0.05, 0) is 71.0 Å². The lowest BCUT2D eigenvalue weighted by atomic mass is 10.2. The number of amides is 2. The standard InChI is InChI=1S/C16H14BrIN2O/c1-11-10-13(18)6-7-15(11)20-16(21)19-9-8-12-4-2-3-5-14(12)17/h2-10H,1H3,(H2,19,20,21)/b9-8+. The van der Waals surface area contributed by atoms with E-state index in [2.05, 4.69) is 49.2 Å². The fraction of sp³-hybridized carbons (Fsp3) is 0.0625. The van der Waals surface area contributed by atoms with Gasteiger partial charge >= 0.3 is 6.03 Å². The SMILES string of the molecule is Cc1cc(I)ccc1NC(=O)N/C=C/c1ccccc1Br. The number of rotatable bonds is 3. The third kappa shape index (κ3) is 4.86. The van der Waals surface area contributed by atoms with Crippen LogP contribution in [0.1, 0.15) is 11.1 Å². The van der Waals surface area contributed by atoms with Gasteiger partial charge in [-0.2, -0.15) is 0 Å². The summed E-state index contributed by atoms with van der Waals surface area (Å²) in [4.78, 5) is 11.8. The van der Waals surface area contributed by atoms with E-state index in [1.807, 2.05) is 55.5 Å². The van der Waals surface area contributed by atoms with Gasteiger partial charge in [0.05, 0.1) is 0 Å². The molecule has 0 saturated heterocycles. The Morgan fingerprint density at radius 3 is 2.71 bits per heavy atom. The van der Waals surface area contributed by atoms with E-state index in [4.69, 9.17) is 0 Å². The average molecular weight is 457 g/mol. The van der Waals surface area contributed by atoms with Crippen molar-refractivity contribution in [3.8, 4) is 0 Å². The summed E-state index contributed by atoms with van der Waals surface area (Å²) in [5.74, 6) is 0. The van der Waals surface area contributed by atoms with Crippen LogP contribution in [0.2, 0.25) is 0 Å². The summed E-state index contributed by atoms with van der Waals surface area (Å²) >= 11 is 5.70. The van der Waals surface area contributed by atoms with E-state index >= 15 is 0 Å². The van der Waals surface area contributed by atoms with Crippen molar-refractivity contribution >= 4 is 56.3 Å². The molecule has 108 valence electrons. The number of urea groups is 1. The molecule has 0 atom stereocenters. The largest absolute Gasteiger partial charge is 0.323 e. The highest BCUT2D eigenvalue weighted by Gasteiger charge is 2.03. The van der Waals surface area contributed by atoms with Gasteiger partial charge in [-0.3, -0.25) is 0 Å². The van der Waals surface area contributed by atoms with Crippen molar-refractivity contribution in [2.75, 3.05) is 5.32 Å². The highest BCUT2D eigenvalue weighted by atomic mass is 127. The van der Waals surface area contributed by atoms with Crippen molar-refractivity contribution in [2.45, 2.75) is 6.92 Å². The first-order chi connectivity index (χ1) is 10.1. The second kappa shape index (κ2) is 7.61. The zero-order valence-electron chi connectivity index (χ0n) is 11.4. The van der Waals surface area contributed by atoms with Gasteiger partial charge in [-0.25, -0.2) is 4.79 Å². The van der Waals surface area contributed by atoms with Gasteiger partial charge in [-0.15, -0.1) is 0 Å². The minimum absolute atomic E-state index is 0.261. The number of aryl methyl sites for hydroxylation is 1. The van der Waals surface area contributed by atoms with Crippen LogP contribution in [0.3, 0.4) is 0 Å². The van der Waals surface area contributed by atoms with Crippen LogP contribution in [0.4, 0.5) is 10.5 Å². The number of anilines is 1. The molecule has 0 heterocycles. The molecule has 0 fully saturated rings. The van der Waals surface area contributed by atoms with Crippen LogP contribution in [-0.2, 0) is 0 Å². The third-order valence-corrected chi connectivity index (χ3v) is 4.21. The van der Waals surface area contributed by atoms with Gasteiger partial charge < -0.3 is 10.6 Å². The molecule has 0 aliphatic heterocycles. The Labute approximate surface area is 146 Å².